The molecule has 1 fully saturated rings. The van der Waals surface area contributed by atoms with E-state index >= 15 is 0 Å². The second-order valence-electron chi connectivity index (χ2n) is 5.34. The highest BCUT2D eigenvalue weighted by molar-refractivity contribution is 7.91. The minimum atomic E-state index is -3.07. The molecule has 1 heterocycles. The van der Waals surface area contributed by atoms with E-state index in [9.17, 15) is 13.2 Å². The Labute approximate surface area is 133 Å². The van der Waals surface area contributed by atoms with Crippen LogP contribution in [0.2, 0.25) is 10.0 Å². The van der Waals surface area contributed by atoms with Gasteiger partial charge in [0.15, 0.2) is 16.4 Å². The maximum Gasteiger partial charge on any atom is 0.258 e. The van der Waals surface area contributed by atoms with Crippen LogP contribution in [0.1, 0.15) is 13.3 Å². The molecule has 8 heteroatoms. The summed E-state index contributed by atoms with van der Waals surface area (Å²) in [5.74, 6) is 0.0426. The molecule has 1 aromatic carbocycles. The monoisotopic (exact) mass is 351 g/mol. The minimum absolute atomic E-state index is 0.0469. The van der Waals surface area contributed by atoms with Crippen molar-refractivity contribution in [3.63, 3.8) is 0 Å². The Balaban J connectivity index is 1.91. The Morgan fingerprint density at radius 1 is 1.33 bits per heavy atom. The molecule has 5 nitrogen and oxygen atoms in total. The molecule has 1 unspecified atom stereocenters. The number of carbonyl (C=O) groups is 1. The summed E-state index contributed by atoms with van der Waals surface area (Å²) < 4.78 is 28.2. The molecule has 0 radical (unpaired) electrons. The van der Waals surface area contributed by atoms with Crippen LogP contribution in [-0.4, -0.2) is 38.0 Å². The lowest BCUT2D eigenvalue weighted by atomic mass is 10.0. The van der Waals surface area contributed by atoms with Gasteiger partial charge in [-0.25, -0.2) is 8.42 Å². The molecule has 1 amide bonds. The number of nitrogens with one attached hydrogen (secondary N) is 1. The van der Waals surface area contributed by atoms with Crippen molar-refractivity contribution in [2.45, 2.75) is 18.9 Å². The number of benzene rings is 1. The number of hydrogen-bond acceptors (Lipinski definition) is 4. The molecule has 0 spiro atoms. The lowest BCUT2D eigenvalue weighted by Crippen LogP contribution is -2.48. The number of carbonyl (C=O) groups excluding carboxylic acids is 1. The summed E-state index contributed by atoms with van der Waals surface area (Å²) in [5.41, 5.74) is -0.731. The van der Waals surface area contributed by atoms with Gasteiger partial charge >= 0.3 is 0 Å². The maximum absolute atomic E-state index is 11.9. The van der Waals surface area contributed by atoms with E-state index in [0.717, 1.165) is 0 Å². The van der Waals surface area contributed by atoms with Gasteiger partial charge < -0.3 is 10.1 Å². The first-order valence-corrected chi connectivity index (χ1v) is 8.86. The van der Waals surface area contributed by atoms with E-state index in [1.165, 1.54) is 0 Å². The van der Waals surface area contributed by atoms with Crippen LogP contribution in [0.25, 0.3) is 0 Å². The highest BCUT2D eigenvalue weighted by atomic mass is 35.5. The third-order valence-electron chi connectivity index (χ3n) is 3.15. The average molecular weight is 352 g/mol. The molecule has 21 heavy (non-hydrogen) atoms. The van der Waals surface area contributed by atoms with Crippen LogP contribution in [0.3, 0.4) is 0 Å². The van der Waals surface area contributed by atoms with Gasteiger partial charge in [-0.3, -0.25) is 4.79 Å². The summed E-state index contributed by atoms with van der Waals surface area (Å²) in [6.45, 7) is 1.48. The van der Waals surface area contributed by atoms with E-state index in [1.807, 2.05) is 0 Å². The SMILES string of the molecule is CC1(NC(=O)COc2cc(Cl)cc(Cl)c2)CCS(=O)(=O)C1. The predicted molar refractivity (Wildman–Crippen MR) is 81.8 cm³/mol. The molecular weight excluding hydrogens is 337 g/mol. The van der Waals surface area contributed by atoms with Crippen molar-refractivity contribution < 1.29 is 17.9 Å². The Hall–Kier alpha value is -0.980. The van der Waals surface area contributed by atoms with Crippen molar-refractivity contribution in [1.82, 2.24) is 5.32 Å². The van der Waals surface area contributed by atoms with Crippen molar-refractivity contribution in [3.05, 3.63) is 28.2 Å². The fourth-order valence-corrected chi connectivity index (χ4v) is 4.84. The van der Waals surface area contributed by atoms with Crippen molar-refractivity contribution >= 4 is 38.9 Å². The second kappa shape index (κ2) is 6.02. The van der Waals surface area contributed by atoms with Crippen LogP contribution in [0.5, 0.6) is 5.75 Å². The van der Waals surface area contributed by atoms with Crippen LogP contribution in [0.15, 0.2) is 18.2 Å². The smallest absolute Gasteiger partial charge is 0.258 e. The summed E-state index contributed by atoms with van der Waals surface area (Å²) in [7, 11) is -3.07. The number of ether oxygens (including phenoxy) is 1. The molecule has 1 saturated heterocycles. The van der Waals surface area contributed by atoms with Gasteiger partial charge in [-0.2, -0.15) is 0 Å². The van der Waals surface area contributed by atoms with E-state index < -0.39 is 15.4 Å². The molecular formula is C13H15Cl2NO4S. The van der Waals surface area contributed by atoms with E-state index in [1.54, 1.807) is 25.1 Å². The zero-order chi connectivity index (χ0) is 15.7. The van der Waals surface area contributed by atoms with Crippen LogP contribution in [-0.2, 0) is 14.6 Å². The third-order valence-corrected chi connectivity index (χ3v) is 5.49. The van der Waals surface area contributed by atoms with Gasteiger partial charge in [-0.1, -0.05) is 23.2 Å². The van der Waals surface area contributed by atoms with Crippen LogP contribution >= 0.6 is 23.2 Å². The normalized spacial score (nSPS) is 23.8. The molecule has 0 saturated carbocycles. The molecule has 2 rings (SSSR count). The van der Waals surface area contributed by atoms with Gasteiger partial charge in [0, 0.05) is 10.0 Å². The maximum atomic E-state index is 11.9. The zero-order valence-electron chi connectivity index (χ0n) is 11.4. The molecule has 0 aromatic heterocycles. The summed E-state index contributed by atoms with van der Waals surface area (Å²) in [6.07, 6.45) is 0.407. The number of hydrogen-bond donors (Lipinski definition) is 1. The first kappa shape index (κ1) is 16.4. The van der Waals surface area contributed by atoms with Crippen molar-refractivity contribution in [3.8, 4) is 5.75 Å². The molecule has 116 valence electrons. The van der Waals surface area contributed by atoms with Gasteiger partial charge in [0.25, 0.3) is 5.91 Å². The molecule has 1 atom stereocenters. The molecule has 1 aliphatic rings. The Kier molecular flexibility index (Phi) is 4.70. The van der Waals surface area contributed by atoms with Gasteiger partial charge in [0.2, 0.25) is 0 Å². The largest absolute Gasteiger partial charge is 0.484 e. The Morgan fingerprint density at radius 2 is 1.95 bits per heavy atom. The summed E-state index contributed by atoms with van der Waals surface area (Å²) >= 11 is 11.6. The summed E-state index contributed by atoms with van der Waals surface area (Å²) in [5, 5.41) is 3.52. The van der Waals surface area contributed by atoms with Crippen molar-refractivity contribution in [2.75, 3.05) is 18.1 Å². The van der Waals surface area contributed by atoms with Gasteiger partial charge in [-0.05, 0) is 31.5 Å². The van der Waals surface area contributed by atoms with Crippen LogP contribution in [0, 0.1) is 0 Å². The first-order chi connectivity index (χ1) is 9.67. The van der Waals surface area contributed by atoms with E-state index in [0.29, 0.717) is 22.2 Å². The molecule has 1 aromatic rings. The molecule has 0 bridgehead atoms. The number of sulfone groups is 1. The van der Waals surface area contributed by atoms with E-state index in [4.69, 9.17) is 27.9 Å². The predicted octanol–water partition coefficient (Wildman–Crippen LogP) is 2.07. The van der Waals surface area contributed by atoms with E-state index in [2.05, 4.69) is 5.32 Å². The summed E-state index contributed by atoms with van der Waals surface area (Å²) in [6, 6.07) is 4.64. The number of halogens is 2. The standard InChI is InChI=1S/C13H15Cl2NO4S/c1-13(2-3-21(18,19)8-13)16-12(17)7-20-11-5-9(14)4-10(15)6-11/h4-6H,2-3,7-8H2,1H3,(H,16,17). The third kappa shape index (κ3) is 4.76. The molecule has 1 N–H and O–H groups in total. The quantitative estimate of drug-likeness (QED) is 0.900. The van der Waals surface area contributed by atoms with Gasteiger partial charge in [-0.15, -0.1) is 0 Å². The zero-order valence-corrected chi connectivity index (χ0v) is 13.7. The fraction of sp³-hybridized carbons (Fsp3) is 0.462. The minimum Gasteiger partial charge on any atom is -0.484 e. The van der Waals surface area contributed by atoms with E-state index in [-0.39, 0.29) is 24.0 Å². The highest BCUT2D eigenvalue weighted by Gasteiger charge is 2.39. The van der Waals surface area contributed by atoms with Crippen molar-refractivity contribution in [2.24, 2.45) is 0 Å². The van der Waals surface area contributed by atoms with Gasteiger partial charge in [0.05, 0.1) is 17.0 Å². The average Bonchev–Trinajstić information content (AvgIpc) is 2.59. The topological polar surface area (TPSA) is 72.5 Å². The number of rotatable bonds is 4. The van der Waals surface area contributed by atoms with Crippen LogP contribution < -0.4 is 10.1 Å². The second-order valence-corrected chi connectivity index (χ2v) is 8.40. The lowest BCUT2D eigenvalue weighted by Gasteiger charge is -2.23. The van der Waals surface area contributed by atoms with Crippen LogP contribution in [0.4, 0.5) is 0 Å². The van der Waals surface area contributed by atoms with Crippen molar-refractivity contribution in [1.29, 1.82) is 0 Å². The van der Waals surface area contributed by atoms with Gasteiger partial charge in [0.1, 0.15) is 5.75 Å². The Morgan fingerprint density at radius 3 is 2.48 bits per heavy atom. The molecule has 1 aliphatic heterocycles. The number of amides is 1. The fourth-order valence-electron chi connectivity index (χ4n) is 2.24. The molecule has 0 aliphatic carbocycles. The Bertz CT molecular complexity index is 642. The first-order valence-electron chi connectivity index (χ1n) is 6.28. The summed E-state index contributed by atoms with van der Waals surface area (Å²) in [4.78, 5) is 11.9. The highest BCUT2D eigenvalue weighted by Crippen LogP contribution is 2.25. The lowest BCUT2D eigenvalue weighted by molar-refractivity contribution is -0.124.